The molecule has 3 fully saturated rings. The van der Waals surface area contributed by atoms with Crippen molar-refractivity contribution in [2.24, 2.45) is 29.1 Å². The second kappa shape index (κ2) is 11.6. The summed E-state index contributed by atoms with van der Waals surface area (Å²) in [5, 5.41) is 7.50. The number of Topliss-reactive ketones (excluding diaryl/α,β-unsaturated/α-hetero) is 1. The zero-order chi connectivity index (χ0) is 33.1. The van der Waals surface area contributed by atoms with Gasteiger partial charge in [0.15, 0.2) is 0 Å². The number of hydrogen-bond acceptors (Lipinski definition) is 6. The molecule has 3 aliphatic carbocycles. The fourth-order valence-corrected chi connectivity index (χ4v) is 7.10. The molecule has 1 aromatic carbocycles. The van der Waals surface area contributed by atoms with E-state index in [1.165, 1.54) is 11.9 Å². The summed E-state index contributed by atoms with van der Waals surface area (Å²) in [6, 6.07) is 4.16. The minimum absolute atomic E-state index is 0.0359. The lowest BCUT2D eigenvalue weighted by molar-refractivity contribution is -0.244. The van der Waals surface area contributed by atoms with E-state index in [-0.39, 0.29) is 29.7 Å². The maximum atomic E-state index is 14.4. The van der Waals surface area contributed by atoms with Gasteiger partial charge >= 0.3 is 12.3 Å². The van der Waals surface area contributed by atoms with Gasteiger partial charge in [-0.1, -0.05) is 51.0 Å². The molecule has 2 saturated carbocycles. The van der Waals surface area contributed by atoms with E-state index < -0.39 is 65.4 Å². The monoisotopic (exact) mass is 634 g/mol. The molecule has 246 valence electrons. The van der Waals surface area contributed by atoms with Crippen LogP contribution in [0.1, 0.15) is 58.1 Å². The maximum Gasteiger partial charge on any atom is 0.427 e. The summed E-state index contributed by atoms with van der Waals surface area (Å²) in [5.74, 6) is -3.33. The zero-order valence-corrected chi connectivity index (χ0v) is 26.1. The number of alkyl carbamates (subject to hydrolysis) is 1. The van der Waals surface area contributed by atoms with Crippen LogP contribution in [0.4, 0.5) is 18.0 Å². The fraction of sp³-hybridized carbons (Fsp3) is 0.656. The van der Waals surface area contributed by atoms with Crippen molar-refractivity contribution in [3.63, 3.8) is 0 Å². The lowest BCUT2D eigenvalue weighted by Gasteiger charge is -2.36. The van der Waals surface area contributed by atoms with Crippen LogP contribution in [0, 0.1) is 29.1 Å². The number of carbonyl (C=O) groups excluding carboxylic acids is 5. The van der Waals surface area contributed by atoms with Gasteiger partial charge in [0.1, 0.15) is 12.1 Å². The predicted molar refractivity (Wildman–Crippen MR) is 155 cm³/mol. The number of halogens is 3. The van der Waals surface area contributed by atoms with Crippen LogP contribution >= 0.6 is 0 Å². The highest BCUT2D eigenvalue weighted by molar-refractivity contribution is 6.38. The van der Waals surface area contributed by atoms with Gasteiger partial charge in [-0.3, -0.25) is 19.2 Å². The number of ketones is 1. The number of ether oxygens (including phenoxy) is 1. The van der Waals surface area contributed by atoms with Crippen molar-refractivity contribution in [3.05, 3.63) is 35.4 Å². The third-order valence-corrected chi connectivity index (χ3v) is 10.2. The number of benzene rings is 1. The Hall–Kier alpha value is -3.64. The van der Waals surface area contributed by atoms with Gasteiger partial charge in [0.05, 0.1) is 6.04 Å². The average molecular weight is 635 g/mol. The minimum Gasteiger partial charge on any atom is -0.434 e. The number of nitrogens with one attached hydrogen (secondary N) is 3. The summed E-state index contributed by atoms with van der Waals surface area (Å²) in [7, 11) is 1.33. The molecule has 5 rings (SSSR count). The Labute approximate surface area is 260 Å². The molecule has 10 nitrogen and oxygen atoms in total. The standard InChI is InChI=1S/C32H41F3N4O6/c1-30(2)20-15-39(24(22(20)30)26(41)37-21(12-16-10-11-16)25(40)27(42)36-5)28(43)23(19-13-17-8-6-7-9-18(17)14-19)38-29(44)45-31(3,4)32(33,34)35/h6-9,16,19-24H,10-15H2,1-5H3,(H,36,42)(H,37,41)(H,38,44)/t20-,21?,22-,23-,24-/m0/s1. The van der Waals surface area contributed by atoms with Crippen LogP contribution in [0.25, 0.3) is 0 Å². The van der Waals surface area contributed by atoms with E-state index in [0.29, 0.717) is 19.3 Å². The van der Waals surface area contributed by atoms with E-state index >= 15 is 0 Å². The molecule has 5 atom stereocenters. The van der Waals surface area contributed by atoms with E-state index in [4.69, 9.17) is 4.74 Å². The lowest BCUT2D eigenvalue weighted by atomic mass is 9.93. The smallest absolute Gasteiger partial charge is 0.427 e. The molecule has 0 bridgehead atoms. The number of alkyl halides is 3. The van der Waals surface area contributed by atoms with Crippen molar-refractivity contribution in [3.8, 4) is 0 Å². The molecule has 13 heteroatoms. The van der Waals surface area contributed by atoms with E-state index in [0.717, 1.165) is 37.8 Å². The zero-order valence-electron chi connectivity index (χ0n) is 26.1. The van der Waals surface area contributed by atoms with E-state index in [1.807, 2.05) is 38.1 Å². The summed E-state index contributed by atoms with van der Waals surface area (Å²) in [6.45, 7) is 5.63. The third kappa shape index (κ3) is 6.40. The number of likely N-dealkylation sites (N-methyl/N-ethyl adjacent to an activating group) is 1. The molecule has 1 heterocycles. The fourth-order valence-electron chi connectivity index (χ4n) is 7.10. The first-order valence-corrected chi connectivity index (χ1v) is 15.5. The first-order chi connectivity index (χ1) is 21.0. The summed E-state index contributed by atoms with van der Waals surface area (Å²) in [5.41, 5.74) is -1.17. The number of piperidine rings is 1. The SMILES string of the molecule is CNC(=O)C(=O)C(CC1CC1)NC(=O)[C@@H]1[C@@H]2[C@H](CN1C(=O)[C@@H](NC(=O)OC(C)(C)C(F)(F)F)C1Cc3ccccc3C1)C2(C)C. The van der Waals surface area contributed by atoms with Crippen LogP contribution in [0.5, 0.6) is 0 Å². The first-order valence-electron chi connectivity index (χ1n) is 15.5. The van der Waals surface area contributed by atoms with Crippen LogP contribution < -0.4 is 16.0 Å². The molecule has 4 aliphatic rings. The van der Waals surface area contributed by atoms with Gasteiger partial charge in [-0.25, -0.2) is 4.79 Å². The number of hydrogen-bond donors (Lipinski definition) is 3. The molecular formula is C32H41F3N4O6. The van der Waals surface area contributed by atoms with Gasteiger partial charge < -0.3 is 25.6 Å². The summed E-state index contributed by atoms with van der Waals surface area (Å²) in [4.78, 5) is 67.7. The summed E-state index contributed by atoms with van der Waals surface area (Å²) in [6.07, 6.45) is -3.37. The maximum absolute atomic E-state index is 14.4. The molecule has 1 aliphatic heterocycles. The molecule has 0 aromatic heterocycles. The van der Waals surface area contributed by atoms with Crippen molar-refractivity contribution in [1.82, 2.24) is 20.9 Å². The number of rotatable bonds is 10. The Bertz CT molecular complexity index is 1370. The normalized spacial score (nSPS) is 25.0. The van der Waals surface area contributed by atoms with Crippen molar-refractivity contribution in [2.45, 2.75) is 89.7 Å². The summed E-state index contributed by atoms with van der Waals surface area (Å²) >= 11 is 0. The van der Waals surface area contributed by atoms with Crippen LogP contribution in [0.15, 0.2) is 24.3 Å². The van der Waals surface area contributed by atoms with E-state index in [1.54, 1.807) is 0 Å². The van der Waals surface area contributed by atoms with Gasteiger partial charge in [-0.2, -0.15) is 13.2 Å². The van der Waals surface area contributed by atoms with Gasteiger partial charge in [-0.05, 0) is 73.3 Å². The van der Waals surface area contributed by atoms with Crippen molar-refractivity contribution in [2.75, 3.05) is 13.6 Å². The Balaban J connectivity index is 1.40. The molecule has 1 unspecified atom stereocenters. The Kier molecular flexibility index (Phi) is 8.45. The van der Waals surface area contributed by atoms with Crippen molar-refractivity contribution < 1.29 is 41.9 Å². The number of fused-ring (bicyclic) bond motifs is 2. The second-order valence-electron chi connectivity index (χ2n) is 14.0. The largest absolute Gasteiger partial charge is 0.434 e. The molecule has 1 aromatic rings. The quantitative estimate of drug-likeness (QED) is 0.339. The van der Waals surface area contributed by atoms with E-state index in [2.05, 4.69) is 16.0 Å². The molecule has 3 N–H and O–H groups in total. The Morgan fingerprint density at radius 1 is 1.02 bits per heavy atom. The van der Waals surface area contributed by atoms with Gasteiger partial charge in [0.25, 0.3) is 5.91 Å². The van der Waals surface area contributed by atoms with Crippen LogP contribution in [0.2, 0.25) is 0 Å². The molecule has 45 heavy (non-hydrogen) atoms. The molecule has 0 radical (unpaired) electrons. The summed E-state index contributed by atoms with van der Waals surface area (Å²) < 4.78 is 45.3. The highest BCUT2D eigenvalue weighted by atomic mass is 19.4. The highest BCUT2D eigenvalue weighted by Gasteiger charge is 2.70. The van der Waals surface area contributed by atoms with Gasteiger partial charge in [-0.15, -0.1) is 0 Å². The second-order valence-corrected chi connectivity index (χ2v) is 14.0. The minimum atomic E-state index is -4.85. The van der Waals surface area contributed by atoms with Crippen LogP contribution in [0.3, 0.4) is 0 Å². The molecular weight excluding hydrogens is 593 g/mol. The number of carbonyl (C=O) groups is 5. The van der Waals surface area contributed by atoms with Crippen molar-refractivity contribution >= 4 is 29.6 Å². The van der Waals surface area contributed by atoms with Gasteiger partial charge in [0, 0.05) is 13.6 Å². The topological polar surface area (TPSA) is 134 Å². The Morgan fingerprint density at radius 2 is 1.62 bits per heavy atom. The number of nitrogens with zero attached hydrogens (tertiary/aromatic N) is 1. The van der Waals surface area contributed by atoms with Gasteiger partial charge in [0.2, 0.25) is 23.2 Å². The molecule has 0 spiro atoms. The number of likely N-dealkylation sites (tertiary alicyclic amines) is 1. The first kappa shape index (κ1) is 32.7. The molecule has 4 amide bonds. The highest BCUT2D eigenvalue weighted by Crippen LogP contribution is 2.65. The Morgan fingerprint density at radius 3 is 2.16 bits per heavy atom. The van der Waals surface area contributed by atoms with E-state index in [9.17, 15) is 37.1 Å². The third-order valence-electron chi connectivity index (χ3n) is 10.2. The molecule has 1 saturated heterocycles. The predicted octanol–water partition coefficient (Wildman–Crippen LogP) is 2.92. The van der Waals surface area contributed by atoms with Crippen LogP contribution in [-0.2, 0) is 36.8 Å². The van der Waals surface area contributed by atoms with Crippen LogP contribution in [-0.4, -0.2) is 78.0 Å². The number of amides is 4. The van der Waals surface area contributed by atoms with Crippen molar-refractivity contribution in [1.29, 1.82) is 0 Å². The average Bonchev–Trinajstić information content (AvgIpc) is 3.71. The lowest BCUT2D eigenvalue weighted by Crippen LogP contribution is -2.60.